The largest absolute Gasteiger partial charge is 0.293 e. The predicted octanol–water partition coefficient (Wildman–Crippen LogP) is 0.739. The molecule has 0 bridgehead atoms. The first-order chi connectivity index (χ1) is 6.40. The van der Waals surface area contributed by atoms with Crippen LogP contribution in [0.15, 0.2) is 12.2 Å². The normalized spacial score (nSPS) is 17.9. The van der Waals surface area contributed by atoms with E-state index in [1.54, 1.807) is 0 Å². The maximum atomic E-state index is 4.11. The van der Waals surface area contributed by atoms with Gasteiger partial charge in [-0.15, -0.1) is 0 Å². The minimum Gasteiger partial charge on any atom is -0.293 e. The molecule has 70 valence electrons. The van der Waals surface area contributed by atoms with Crippen molar-refractivity contribution in [1.29, 1.82) is 0 Å². The summed E-state index contributed by atoms with van der Waals surface area (Å²) in [4.78, 5) is 2.37. The smallest absolute Gasteiger partial charge is 0.0997 e. The fraction of sp³-hybridized carbons (Fsp3) is 0.556. The Balaban J connectivity index is 2.00. The van der Waals surface area contributed by atoms with Crippen molar-refractivity contribution in [3.05, 3.63) is 23.5 Å². The molecule has 1 aromatic heterocycles. The number of nitrogens with zero attached hydrogens (tertiary/aromatic N) is 3. The first-order valence-electron chi connectivity index (χ1n) is 4.62. The van der Waals surface area contributed by atoms with E-state index in [1.807, 2.05) is 6.92 Å². The lowest BCUT2D eigenvalue weighted by Crippen LogP contribution is -2.30. The second-order valence-corrected chi connectivity index (χ2v) is 3.27. The van der Waals surface area contributed by atoms with E-state index < -0.39 is 0 Å². The zero-order valence-electron chi connectivity index (χ0n) is 7.82. The van der Waals surface area contributed by atoms with Crippen LogP contribution < -0.4 is 0 Å². The zero-order valence-corrected chi connectivity index (χ0v) is 7.82. The van der Waals surface area contributed by atoms with Crippen molar-refractivity contribution >= 4 is 0 Å². The Morgan fingerprint density at radius 1 is 1.46 bits per heavy atom. The van der Waals surface area contributed by atoms with Crippen LogP contribution in [0.3, 0.4) is 0 Å². The molecule has 1 aliphatic rings. The molecular weight excluding hydrogens is 164 g/mol. The fourth-order valence-corrected chi connectivity index (χ4v) is 1.57. The lowest BCUT2D eigenvalue weighted by atomic mass is 10.1. The van der Waals surface area contributed by atoms with Crippen molar-refractivity contribution in [2.24, 2.45) is 0 Å². The molecule has 2 rings (SSSR count). The molecule has 0 saturated carbocycles. The summed E-state index contributed by atoms with van der Waals surface area (Å²) in [6.07, 6.45) is 5.27. The third-order valence-corrected chi connectivity index (χ3v) is 2.34. The van der Waals surface area contributed by atoms with Gasteiger partial charge in [0.15, 0.2) is 0 Å². The highest BCUT2D eigenvalue weighted by atomic mass is 15.3. The standard InChI is InChI=1S/C9H14N4/c1-2-3-5-13-6-4-8-9(7-13)11-12-10-8/h2-3H,4-7H2,1H3,(H,10,11,12)/b3-2+. The van der Waals surface area contributed by atoms with Crippen LogP contribution in [-0.4, -0.2) is 33.4 Å². The molecule has 2 heterocycles. The van der Waals surface area contributed by atoms with Gasteiger partial charge >= 0.3 is 0 Å². The van der Waals surface area contributed by atoms with Gasteiger partial charge in [-0.2, -0.15) is 15.4 Å². The van der Waals surface area contributed by atoms with Gasteiger partial charge in [0.1, 0.15) is 0 Å². The molecule has 4 heteroatoms. The van der Waals surface area contributed by atoms with Crippen LogP contribution in [0.1, 0.15) is 18.3 Å². The summed E-state index contributed by atoms with van der Waals surface area (Å²) in [6.45, 7) is 5.08. The Labute approximate surface area is 77.6 Å². The second-order valence-electron chi connectivity index (χ2n) is 3.27. The summed E-state index contributed by atoms with van der Waals surface area (Å²) in [5.41, 5.74) is 2.24. The first-order valence-corrected chi connectivity index (χ1v) is 4.62. The third-order valence-electron chi connectivity index (χ3n) is 2.34. The van der Waals surface area contributed by atoms with Gasteiger partial charge in [-0.05, 0) is 6.92 Å². The van der Waals surface area contributed by atoms with Crippen molar-refractivity contribution in [1.82, 2.24) is 20.3 Å². The Kier molecular flexibility index (Phi) is 2.40. The molecule has 1 N–H and O–H groups in total. The van der Waals surface area contributed by atoms with Crippen LogP contribution in [0.25, 0.3) is 0 Å². The van der Waals surface area contributed by atoms with Gasteiger partial charge in [0.25, 0.3) is 0 Å². The van der Waals surface area contributed by atoms with Crippen LogP contribution in [0.4, 0.5) is 0 Å². The van der Waals surface area contributed by atoms with Gasteiger partial charge in [-0.3, -0.25) is 4.90 Å². The number of fused-ring (bicyclic) bond motifs is 1. The number of H-pyrrole nitrogens is 1. The van der Waals surface area contributed by atoms with E-state index in [-0.39, 0.29) is 0 Å². The summed E-state index contributed by atoms with van der Waals surface area (Å²) >= 11 is 0. The topological polar surface area (TPSA) is 44.8 Å². The molecule has 1 aromatic rings. The summed E-state index contributed by atoms with van der Waals surface area (Å²) in [5.74, 6) is 0. The minimum atomic E-state index is 0.927. The van der Waals surface area contributed by atoms with Gasteiger partial charge < -0.3 is 0 Å². The zero-order chi connectivity index (χ0) is 9.10. The first kappa shape index (κ1) is 8.44. The van der Waals surface area contributed by atoms with Crippen molar-refractivity contribution in [2.45, 2.75) is 19.9 Å². The van der Waals surface area contributed by atoms with E-state index in [4.69, 9.17) is 0 Å². The number of aromatic amines is 1. The molecule has 0 aromatic carbocycles. The van der Waals surface area contributed by atoms with Crippen molar-refractivity contribution < 1.29 is 0 Å². The van der Waals surface area contributed by atoms with Crippen LogP contribution in [-0.2, 0) is 13.0 Å². The third kappa shape index (κ3) is 1.78. The Bertz CT molecular complexity index is 302. The molecule has 0 unspecified atom stereocenters. The molecule has 1 aliphatic heterocycles. The molecule has 0 radical (unpaired) electrons. The van der Waals surface area contributed by atoms with E-state index in [0.717, 1.165) is 37.4 Å². The predicted molar refractivity (Wildman–Crippen MR) is 50.2 cm³/mol. The maximum absolute atomic E-state index is 4.11. The van der Waals surface area contributed by atoms with Gasteiger partial charge in [-0.25, -0.2) is 0 Å². The lowest BCUT2D eigenvalue weighted by molar-refractivity contribution is 0.277. The van der Waals surface area contributed by atoms with Gasteiger partial charge in [-0.1, -0.05) is 12.2 Å². The van der Waals surface area contributed by atoms with E-state index in [1.165, 1.54) is 0 Å². The van der Waals surface area contributed by atoms with Crippen molar-refractivity contribution in [2.75, 3.05) is 13.1 Å². The quantitative estimate of drug-likeness (QED) is 0.679. The molecule has 0 spiro atoms. The highest BCUT2D eigenvalue weighted by Gasteiger charge is 2.17. The van der Waals surface area contributed by atoms with Crippen LogP contribution in [0, 0.1) is 0 Å². The number of aromatic nitrogens is 3. The fourth-order valence-electron chi connectivity index (χ4n) is 1.57. The van der Waals surface area contributed by atoms with Crippen LogP contribution in [0.5, 0.6) is 0 Å². The Morgan fingerprint density at radius 3 is 3.15 bits per heavy atom. The SMILES string of the molecule is C/C=C/CN1CCc2n[nH]nc2C1. The highest BCUT2D eigenvalue weighted by molar-refractivity contribution is 5.12. The number of nitrogens with one attached hydrogen (secondary N) is 1. The number of hydrogen-bond donors (Lipinski definition) is 1. The molecule has 0 saturated heterocycles. The molecule has 0 amide bonds. The number of hydrogen-bond acceptors (Lipinski definition) is 3. The van der Waals surface area contributed by atoms with Gasteiger partial charge in [0.2, 0.25) is 0 Å². The van der Waals surface area contributed by atoms with E-state index in [9.17, 15) is 0 Å². The molecular formula is C9H14N4. The van der Waals surface area contributed by atoms with Crippen LogP contribution >= 0.6 is 0 Å². The van der Waals surface area contributed by atoms with E-state index in [0.29, 0.717) is 0 Å². The molecule has 13 heavy (non-hydrogen) atoms. The molecule has 4 nitrogen and oxygen atoms in total. The second kappa shape index (κ2) is 3.70. The average molecular weight is 178 g/mol. The molecule has 0 atom stereocenters. The number of rotatable bonds is 2. The molecule has 0 aliphatic carbocycles. The molecule has 0 fully saturated rings. The van der Waals surface area contributed by atoms with Crippen molar-refractivity contribution in [3.8, 4) is 0 Å². The van der Waals surface area contributed by atoms with Crippen LogP contribution in [0.2, 0.25) is 0 Å². The van der Waals surface area contributed by atoms with Gasteiger partial charge in [0, 0.05) is 26.1 Å². The maximum Gasteiger partial charge on any atom is 0.0997 e. The highest BCUT2D eigenvalue weighted by Crippen LogP contribution is 2.12. The monoisotopic (exact) mass is 178 g/mol. The summed E-state index contributed by atoms with van der Waals surface area (Å²) in [5, 5.41) is 10.9. The minimum absolute atomic E-state index is 0.927. The van der Waals surface area contributed by atoms with Gasteiger partial charge in [0.05, 0.1) is 11.4 Å². The van der Waals surface area contributed by atoms with Crippen molar-refractivity contribution in [3.63, 3.8) is 0 Å². The summed E-state index contributed by atoms with van der Waals surface area (Å²) in [7, 11) is 0. The van der Waals surface area contributed by atoms with E-state index in [2.05, 4.69) is 32.5 Å². The summed E-state index contributed by atoms with van der Waals surface area (Å²) < 4.78 is 0. The summed E-state index contributed by atoms with van der Waals surface area (Å²) in [6, 6.07) is 0. The van der Waals surface area contributed by atoms with E-state index >= 15 is 0 Å². The lowest BCUT2D eigenvalue weighted by Gasteiger charge is -2.23. The number of allylic oxidation sites excluding steroid dienone is 1. The average Bonchev–Trinajstić information content (AvgIpc) is 2.61. The Hall–Kier alpha value is -1.16. The Morgan fingerprint density at radius 2 is 2.31 bits per heavy atom.